The van der Waals surface area contributed by atoms with Crippen LogP contribution in [-0.4, -0.2) is 34.4 Å². The topological polar surface area (TPSA) is 19.7 Å². The number of aromatic nitrogens is 4. The lowest BCUT2D eigenvalue weighted by Gasteiger charge is -2.35. The molecule has 468 valence electrons. The van der Waals surface area contributed by atoms with Gasteiger partial charge in [0.25, 0.3) is 0 Å². The Bertz CT molecular complexity index is 7030. The quantitative estimate of drug-likeness (QED) is 0.101. The van der Waals surface area contributed by atoms with Crippen LogP contribution in [0.15, 0.2) is 345 Å². The van der Waals surface area contributed by atoms with E-state index in [2.05, 4.69) is 0 Å². The molecule has 0 amide bonds. The summed E-state index contributed by atoms with van der Waals surface area (Å²) in [6.45, 7) is 16.9. The van der Waals surface area contributed by atoms with E-state index in [0.717, 1.165) is 32.0 Å². The van der Waals surface area contributed by atoms with E-state index in [1.54, 1.807) is 25.3 Å². The maximum Gasteiger partial charge on any atom is 0.199 e. The van der Waals surface area contributed by atoms with Gasteiger partial charge in [-0.25, -0.2) is 0 Å². The van der Waals surface area contributed by atoms with Crippen molar-refractivity contribution in [2.24, 2.45) is 0 Å². The van der Waals surface area contributed by atoms with Crippen LogP contribution in [0.5, 0.6) is 0 Å². The fourth-order valence-corrected chi connectivity index (χ4v) is 17.7. The van der Waals surface area contributed by atoms with Crippen LogP contribution in [0, 0.1) is 0 Å². The number of hydrogen-bond acceptors (Lipinski definition) is 0. The third-order valence-electron chi connectivity index (χ3n) is 15.7. The lowest BCUT2D eigenvalue weighted by atomic mass is 9.87. The van der Waals surface area contributed by atoms with Crippen molar-refractivity contribution in [3.8, 4) is 22.7 Å². The molecule has 0 fully saturated rings. The van der Waals surface area contributed by atoms with Gasteiger partial charge in [-0.05, 0) is 127 Å². The van der Waals surface area contributed by atoms with Crippen LogP contribution in [0.1, 0.15) is 101 Å². The zero-order valence-electron chi connectivity index (χ0n) is 88.5. The number of hydrogen-bond donors (Lipinski definition) is 0. The molecule has 4 nitrogen and oxygen atoms in total. The average molecular weight is 1300 g/mol. The fraction of sp³-hybridized carbons (Fsp3) is 0.124. The molecule has 0 aliphatic carbocycles. The second-order valence-corrected chi connectivity index (χ2v) is 33.8. The highest BCUT2D eigenvalue weighted by molar-refractivity contribution is 7.19. The Morgan fingerprint density at radius 1 is 0.316 bits per heavy atom. The summed E-state index contributed by atoms with van der Waals surface area (Å²) in [6, 6.07) is 27.1. The molecule has 0 atom stereocenters. The Morgan fingerprint density at radius 2 is 0.695 bits per heavy atom. The standard InChI is InChI=1S/C32H25NSi.C22H21N.C18H19N.C17H19NSi/c1-5-16-27(17-6-1)33-31-24-14-13-15-26(31)25-32(33)34(28-18-7-2-8-19-28,29-20-9-3-10-21-29)30-22-11-4-12-23-30;1-22(2,3)19-15-23(21-13-7-6-12-18(19)21)20-14-8-10-16-9-4-5-11-17(16)20;1-18(2,3)17-13-14-9-7-8-12-16(14)19(17)15-10-5-4-6-11-15;1-19(2,3)17-13-14-9-7-8-12-16(14)18(17)15-10-5-4-6-11-15/h1-25H;4-15H,1-3H3;2*4-13H,1-3H3/i1D,5D,6D,13D,14D,15D,16D,17D,24D,25D;6D,7D,12D,13D,15D;2*4D,5D,6D,7D,8D,9D,10D,11D,12D,13D. The van der Waals surface area contributed by atoms with E-state index >= 15 is 0 Å². The molecule has 4 aromatic heterocycles. The minimum atomic E-state index is -3.68. The Balaban J connectivity index is 0.000000151. The van der Waals surface area contributed by atoms with Crippen molar-refractivity contribution in [2.75, 3.05) is 0 Å². The van der Waals surface area contributed by atoms with Crippen molar-refractivity contribution < 1.29 is 48.0 Å². The van der Waals surface area contributed by atoms with Crippen molar-refractivity contribution in [3.63, 3.8) is 0 Å². The van der Waals surface area contributed by atoms with E-state index in [1.165, 1.54) is 13.7 Å². The first kappa shape index (κ1) is 34.1. The normalized spacial score (nSPS) is 17.0. The second kappa shape index (κ2) is 26.8. The third kappa shape index (κ3) is 12.8. The molecule has 0 aliphatic heterocycles. The van der Waals surface area contributed by atoms with E-state index in [-0.39, 0.29) is 115 Å². The highest BCUT2D eigenvalue weighted by Crippen LogP contribution is 2.36. The first-order chi connectivity index (χ1) is 60.6. The van der Waals surface area contributed by atoms with Gasteiger partial charge in [-0.15, -0.1) is 0 Å². The van der Waals surface area contributed by atoms with E-state index < -0.39 is 184 Å². The lowest BCUT2D eigenvalue weighted by molar-refractivity contribution is 0.559. The van der Waals surface area contributed by atoms with Crippen LogP contribution in [0.2, 0.25) is 19.6 Å². The fourth-order valence-electron chi connectivity index (χ4n) is 11.6. The van der Waals surface area contributed by atoms with Crippen molar-refractivity contribution in [3.05, 3.63) is 356 Å². The van der Waals surface area contributed by atoms with Crippen LogP contribution < -0.4 is 26.2 Å². The largest absolute Gasteiger partial charge is 0.318 e. The van der Waals surface area contributed by atoms with Gasteiger partial charge < -0.3 is 18.3 Å². The lowest BCUT2D eigenvalue weighted by Crippen LogP contribution is -2.76. The summed E-state index contributed by atoms with van der Waals surface area (Å²) < 4.78 is 299. The molecule has 0 spiro atoms. The first-order valence-electron chi connectivity index (χ1n) is 48.0. The van der Waals surface area contributed by atoms with Crippen LogP contribution in [0.25, 0.3) is 77.1 Å². The Morgan fingerprint density at radius 3 is 1.17 bits per heavy atom. The van der Waals surface area contributed by atoms with Gasteiger partial charge in [0.2, 0.25) is 0 Å². The van der Waals surface area contributed by atoms with Gasteiger partial charge in [-0.3, -0.25) is 0 Å². The molecule has 0 bridgehead atoms. The van der Waals surface area contributed by atoms with Gasteiger partial charge in [0.1, 0.15) is 0 Å². The van der Waals surface area contributed by atoms with E-state index in [1.807, 2.05) is 174 Å². The molecule has 0 aliphatic rings. The van der Waals surface area contributed by atoms with Crippen LogP contribution in [0.4, 0.5) is 0 Å². The maximum absolute atomic E-state index is 9.72. The van der Waals surface area contributed by atoms with Gasteiger partial charge in [0.05, 0.1) is 83.8 Å². The maximum atomic E-state index is 9.72. The molecule has 0 N–H and O–H groups in total. The van der Waals surface area contributed by atoms with E-state index in [9.17, 15) is 1.37 Å². The summed E-state index contributed by atoms with van der Waals surface area (Å²) in [6.07, 6.45) is 0.200. The average Bonchev–Trinajstić information content (AvgIpc) is 1.51. The van der Waals surface area contributed by atoms with Crippen molar-refractivity contribution in [2.45, 2.75) is 72.0 Å². The summed E-state index contributed by atoms with van der Waals surface area (Å²) in [5.74, 6) is 0. The Kier molecular flexibility index (Phi) is 9.63. The molecule has 0 saturated heterocycles. The molecule has 16 rings (SSSR count). The van der Waals surface area contributed by atoms with Gasteiger partial charge >= 0.3 is 0 Å². The number of benzene rings is 12. The molecule has 6 heteroatoms. The number of para-hydroxylation sites is 7. The van der Waals surface area contributed by atoms with Crippen molar-refractivity contribution >= 4 is 96.7 Å². The zero-order valence-corrected chi connectivity index (χ0v) is 55.5. The van der Waals surface area contributed by atoms with Crippen molar-refractivity contribution in [1.82, 2.24) is 18.3 Å². The van der Waals surface area contributed by atoms with Crippen LogP contribution in [-0.2, 0) is 10.8 Å². The molecule has 0 radical (unpaired) electrons. The van der Waals surface area contributed by atoms with Gasteiger partial charge in [0, 0.05) is 61.1 Å². The van der Waals surface area contributed by atoms with Gasteiger partial charge in [-0.1, -0.05) is 315 Å². The SMILES string of the molecule is [2H]c1c([2H])c([2H])c(-n2c(C(C)(C)C)c([2H])c3c([2H])c([2H])c([2H])c([2H])c32)c([2H])c1[2H].[2H]c1c([2H])c([2H])c(-n2c([Si](C)(C)C)c([2H])c3c([2H])c([2H])c([2H])c([2H])c32)c([2H])c1[2H].[2H]c1c([2H])c([2H])c(-n2c([Si](c3ccccc3)(c3ccccc3)c3ccccc3)c([2H])c3c([2H])c([2H])c([2H])c([2H])c32)c([2H])c1[2H].[2H]c1c([2H])c([2H])c2c(c1[2H])c(C(C)(C)C)c([2H])n2-c1cccc2ccccc12. The predicted octanol–water partition coefficient (Wildman–Crippen LogP) is 20.2. The molecule has 0 unspecified atom stereocenters. The van der Waals surface area contributed by atoms with Gasteiger partial charge in [0.15, 0.2) is 8.07 Å². The first-order valence-corrected chi connectivity index (χ1v) is 36.0. The predicted molar refractivity (Wildman–Crippen MR) is 415 cm³/mol. The molecule has 95 heavy (non-hydrogen) atoms. The van der Waals surface area contributed by atoms with Crippen LogP contribution in [0.3, 0.4) is 0 Å². The number of fused-ring (bicyclic) bond motifs is 5. The Hall–Kier alpha value is -10.5. The summed E-state index contributed by atoms with van der Waals surface area (Å²) in [7, 11) is -6.09. The molecular weight excluding hydrogens is 1180 g/mol. The molecule has 0 saturated carbocycles. The smallest absolute Gasteiger partial charge is 0.199 e. The highest BCUT2D eigenvalue weighted by Gasteiger charge is 2.44. The number of nitrogens with zero attached hydrogens (tertiary/aromatic N) is 4. The minimum absolute atomic E-state index is 0.0137. The van der Waals surface area contributed by atoms with Crippen LogP contribution >= 0.6 is 0 Å². The second-order valence-electron chi connectivity index (χ2n) is 25.2. The van der Waals surface area contributed by atoms with E-state index in [0.29, 0.717) is 21.8 Å². The minimum Gasteiger partial charge on any atom is -0.318 e. The third-order valence-corrected chi connectivity index (χ3v) is 22.2. The molecule has 12 aromatic carbocycles. The molecule has 4 heterocycles. The van der Waals surface area contributed by atoms with Gasteiger partial charge in [-0.2, -0.15) is 0 Å². The van der Waals surface area contributed by atoms with E-state index in [4.69, 9.17) is 46.6 Å². The summed E-state index contributed by atoms with van der Waals surface area (Å²) in [5.41, 5.74) is -0.219. The summed E-state index contributed by atoms with van der Waals surface area (Å²) in [4.78, 5) is 0. The molecular formula is C89H84N4Si2. The summed E-state index contributed by atoms with van der Waals surface area (Å²) >= 11 is 0. The van der Waals surface area contributed by atoms with Crippen molar-refractivity contribution in [1.29, 1.82) is 0 Å². The molecule has 16 aromatic rings. The highest BCUT2D eigenvalue weighted by atomic mass is 28.3. The monoisotopic (exact) mass is 1300 g/mol. The Labute approximate surface area is 612 Å². The zero-order chi connectivity index (χ0) is 96.2. The number of rotatable bonds is 9. The summed E-state index contributed by atoms with van der Waals surface area (Å²) in [5, 5.41) is 5.30.